The first-order valence-corrected chi connectivity index (χ1v) is 7.28. The second kappa shape index (κ2) is 4.43. The molecule has 0 unspecified atom stereocenters. The highest BCUT2D eigenvalue weighted by Crippen LogP contribution is 2.45. The number of rotatable bonds is 0. The summed E-state index contributed by atoms with van der Waals surface area (Å²) in [4.78, 5) is 13.9. The summed E-state index contributed by atoms with van der Waals surface area (Å²) in [7, 11) is 0. The van der Waals surface area contributed by atoms with Gasteiger partial charge in [0, 0.05) is 12.5 Å². The minimum Gasteiger partial charge on any atom is -0.286 e. The maximum Gasteiger partial charge on any atom is 0.225 e. The first-order valence-electron chi connectivity index (χ1n) is 6.49. The Morgan fingerprint density at radius 1 is 1.38 bits per heavy atom. The van der Waals surface area contributed by atoms with Crippen LogP contribution < -0.4 is 4.90 Å². The summed E-state index contributed by atoms with van der Waals surface area (Å²) >= 11 is 3.41. The molecule has 0 fully saturated rings. The molecule has 21 heavy (non-hydrogen) atoms. The molecule has 0 spiro atoms. The summed E-state index contributed by atoms with van der Waals surface area (Å²) in [5, 5.41) is 13.5. The van der Waals surface area contributed by atoms with E-state index >= 15 is 0 Å². The van der Waals surface area contributed by atoms with Gasteiger partial charge in [-0.15, -0.1) is 0 Å². The highest BCUT2D eigenvalue weighted by atomic mass is 79.9. The van der Waals surface area contributed by atoms with E-state index in [9.17, 15) is 10.1 Å². The van der Waals surface area contributed by atoms with Crippen molar-refractivity contribution in [1.82, 2.24) is 9.78 Å². The lowest BCUT2D eigenvalue weighted by Crippen LogP contribution is -2.49. The second-order valence-electron chi connectivity index (χ2n) is 5.44. The topological polar surface area (TPSA) is 61.9 Å². The van der Waals surface area contributed by atoms with Gasteiger partial charge in [-0.2, -0.15) is 10.4 Å². The van der Waals surface area contributed by atoms with Gasteiger partial charge in [-0.05, 0) is 35.8 Å². The van der Waals surface area contributed by atoms with Gasteiger partial charge in [-0.25, -0.2) is 4.68 Å². The number of benzene rings is 1. The van der Waals surface area contributed by atoms with E-state index in [-0.39, 0.29) is 11.6 Å². The summed E-state index contributed by atoms with van der Waals surface area (Å²) in [5.41, 5.74) is 1.63. The lowest BCUT2D eigenvalue weighted by Gasteiger charge is -2.43. The summed E-state index contributed by atoms with van der Waals surface area (Å²) in [6, 6.07) is 9.84. The zero-order valence-electron chi connectivity index (χ0n) is 11.9. The average molecular weight is 345 g/mol. The lowest BCUT2D eigenvalue weighted by atomic mass is 9.88. The van der Waals surface area contributed by atoms with Crippen molar-refractivity contribution < 1.29 is 4.79 Å². The zero-order chi connectivity index (χ0) is 15.4. The van der Waals surface area contributed by atoms with Gasteiger partial charge in [0.25, 0.3) is 0 Å². The molecule has 5 nitrogen and oxygen atoms in total. The zero-order valence-corrected chi connectivity index (χ0v) is 13.5. The fourth-order valence-electron chi connectivity index (χ4n) is 2.93. The summed E-state index contributed by atoms with van der Waals surface area (Å²) < 4.78 is 2.20. The average Bonchev–Trinajstić information content (AvgIpc) is 2.76. The lowest BCUT2D eigenvalue weighted by molar-refractivity contribution is -0.117. The number of hydrogen-bond acceptors (Lipinski definition) is 3. The van der Waals surface area contributed by atoms with Crippen LogP contribution in [-0.4, -0.2) is 15.7 Å². The van der Waals surface area contributed by atoms with Crippen LogP contribution in [0, 0.1) is 11.3 Å². The molecule has 1 aliphatic heterocycles. The summed E-state index contributed by atoms with van der Waals surface area (Å²) in [6.07, 6.45) is 0. The van der Waals surface area contributed by atoms with Crippen molar-refractivity contribution in [1.29, 1.82) is 5.26 Å². The van der Waals surface area contributed by atoms with Crippen molar-refractivity contribution in [3.05, 3.63) is 40.0 Å². The van der Waals surface area contributed by atoms with Gasteiger partial charge in [-0.1, -0.05) is 18.2 Å². The first kappa shape index (κ1) is 13.8. The molecule has 2 heterocycles. The van der Waals surface area contributed by atoms with Crippen molar-refractivity contribution >= 4 is 27.7 Å². The fourth-order valence-corrected chi connectivity index (χ4v) is 3.44. The standard InChI is InChI=1S/C15H13BrN4O/c1-9(21)19-14-13(16)11(8-17)18-20(14)12-7-5-4-6-10(12)15(19,2)3/h4-7H,1-3H3. The van der Waals surface area contributed by atoms with E-state index < -0.39 is 5.54 Å². The molecule has 0 atom stereocenters. The van der Waals surface area contributed by atoms with Crippen molar-refractivity contribution in [2.75, 3.05) is 4.90 Å². The Hall–Kier alpha value is -2.13. The molecule has 3 rings (SSSR count). The third kappa shape index (κ3) is 1.74. The number of hydrogen-bond donors (Lipinski definition) is 0. The molecule has 1 aliphatic rings. The van der Waals surface area contributed by atoms with E-state index in [1.165, 1.54) is 6.92 Å². The molecule has 2 aromatic rings. The molecule has 1 aromatic carbocycles. The predicted molar refractivity (Wildman–Crippen MR) is 82.2 cm³/mol. The van der Waals surface area contributed by atoms with E-state index in [2.05, 4.69) is 27.1 Å². The number of aromatic nitrogens is 2. The number of fused-ring (bicyclic) bond motifs is 3. The Labute approximate surface area is 130 Å². The van der Waals surface area contributed by atoms with E-state index in [0.717, 1.165) is 11.3 Å². The molecule has 0 saturated carbocycles. The molecule has 0 radical (unpaired) electrons. The van der Waals surface area contributed by atoms with Crippen molar-refractivity contribution in [2.45, 2.75) is 26.3 Å². The highest BCUT2D eigenvalue weighted by Gasteiger charge is 2.42. The van der Waals surface area contributed by atoms with Crippen LogP contribution >= 0.6 is 15.9 Å². The van der Waals surface area contributed by atoms with Crippen LogP contribution in [0.3, 0.4) is 0 Å². The van der Waals surface area contributed by atoms with Crippen LogP contribution in [0.4, 0.5) is 5.82 Å². The van der Waals surface area contributed by atoms with E-state index in [1.807, 2.05) is 38.1 Å². The molecular formula is C15H13BrN4O. The van der Waals surface area contributed by atoms with Gasteiger partial charge in [0.05, 0.1) is 15.7 Å². The van der Waals surface area contributed by atoms with Gasteiger partial charge in [0.2, 0.25) is 5.91 Å². The molecule has 0 saturated heterocycles. The Balaban J connectivity index is 2.44. The molecule has 1 aromatic heterocycles. The Morgan fingerprint density at radius 3 is 2.67 bits per heavy atom. The van der Waals surface area contributed by atoms with Gasteiger partial charge in [-0.3, -0.25) is 9.69 Å². The SMILES string of the molecule is CC(=O)N1c2c(Br)c(C#N)nn2-c2ccccc2C1(C)C. The number of nitrogens with zero attached hydrogens (tertiary/aromatic N) is 4. The van der Waals surface area contributed by atoms with Crippen molar-refractivity contribution in [2.24, 2.45) is 0 Å². The third-order valence-electron chi connectivity index (χ3n) is 3.79. The van der Waals surface area contributed by atoms with Crippen LogP contribution in [0.5, 0.6) is 0 Å². The number of carbonyl (C=O) groups is 1. The summed E-state index contributed by atoms with van der Waals surface area (Å²) in [6.45, 7) is 5.50. The smallest absolute Gasteiger partial charge is 0.225 e. The Kier molecular flexibility index (Phi) is 2.92. The van der Waals surface area contributed by atoms with Crippen molar-refractivity contribution in [3.8, 4) is 11.8 Å². The molecule has 106 valence electrons. The van der Waals surface area contributed by atoms with Crippen LogP contribution in [-0.2, 0) is 10.3 Å². The number of carbonyl (C=O) groups excluding carboxylic acids is 1. The maximum absolute atomic E-state index is 12.2. The van der Waals surface area contributed by atoms with Crippen molar-refractivity contribution in [3.63, 3.8) is 0 Å². The number of amides is 1. The first-order chi connectivity index (χ1) is 9.89. The van der Waals surface area contributed by atoms with Gasteiger partial charge < -0.3 is 0 Å². The molecule has 0 aliphatic carbocycles. The molecular weight excluding hydrogens is 332 g/mol. The van der Waals surface area contributed by atoms with Crippen LogP contribution in [0.1, 0.15) is 32.0 Å². The number of para-hydroxylation sites is 1. The molecule has 6 heteroatoms. The van der Waals surface area contributed by atoms with Crippen LogP contribution in [0.15, 0.2) is 28.7 Å². The quantitative estimate of drug-likeness (QED) is 0.737. The third-order valence-corrected chi connectivity index (χ3v) is 4.52. The Morgan fingerprint density at radius 2 is 2.05 bits per heavy atom. The van der Waals surface area contributed by atoms with E-state index in [4.69, 9.17) is 0 Å². The van der Waals surface area contributed by atoms with Crippen LogP contribution in [0.25, 0.3) is 5.69 Å². The Bertz CT molecular complexity index is 800. The molecule has 0 N–H and O–H groups in total. The van der Waals surface area contributed by atoms with Crippen LogP contribution in [0.2, 0.25) is 0 Å². The minimum atomic E-state index is -0.520. The highest BCUT2D eigenvalue weighted by molar-refractivity contribution is 9.10. The van der Waals surface area contributed by atoms with Gasteiger partial charge in [0.15, 0.2) is 11.5 Å². The van der Waals surface area contributed by atoms with Gasteiger partial charge >= 0.3 is 0 Å². The van der Waals surface area contributed by atoms with Gasteiger partial charge in [0.1, 0.15) is 6.07 Å². The minimum absolute atomic E-state index is 0.0964. The fraction of sp³-hybridized carbons (Fsp3) is 0.267. The summed E-state index contributed by atoms with van der Waals surface area (Å²) in [5.74, 6) is 0.503. The second-order valence-corrected chi connectivity index (χ2v) is 6.23. The monoisotopic (exact) mass is 344 g/mol. The number of nitriles is 1. The predicted octanol–water partition coefficient (Wildman–Crippen LogP) is 3.11. The largest absolute Gasteiger partial charge is 0.286 e. The normalized spacial score (nSPS) is 15.1. The molecule has 0 bridgehead atoms. The molecule has 1 amide bonds. The number of anilines is 1. The van der Waals surface area contributed by atoms with E-state index in [1.54, 1.807) is 9.58 Å². The van der Waals surface area contributed by atoms with E-state index in [0.29, 0.717) is 10.3 Å². The number of halogens is 1. The maximum atomic E-state index is 12.2.